The van der Waals surface area contributed by atoms with Crippen LogP contribution in [0.25, 0.3) is 22.3 Å². The number of imidazole rings is 2. The van der Waals surface area contributed by atoms with Crippen molar-refractivity contribution in [3.8, 4) is 12.1 Å². The zero-order valence-corrected chi connectivity index (χ0v) is 38.2. The van der Waals surface area contributed by atoms with Crippen molar-refractivity contribution < 1.29 is 64.8 Å². The maximum Gasteiger partial charge on any atom is 0.475 e. The molecule has 2 fully saturated rings. The van der Waals surface area contributed by atoms with Crippen molar-refractivity contribution in [2.45, 2.75) is 74.6 Å². The van der Waals surface area contributed by atoms with Crippen LogP contribution < -0.4 is 10.9 Å². The second-order valence-electron chi connectivity index (χ2n) is 15.2. The normalized spacial score (nSPS) is 24.7. The molecule has 0 saturated carbocycles. The number of anilines is 1. The number of aliphatic imine (C=N–C) groups is 1. The quantitative estimate of drug-likeness (QED) is 0.0252. The minimum absolute atomic E-state index is 0.00890. The molecule has 0 spiro atoms. The number of aromatic amines is 1. The Kier molecular flexibility index (Phi) is 16.1. The van der Waals surface area contributed by atoms with Gasteiger partial charge in [0.15, 0.2) is 52.9 Å². The number of nitrogens with zero attached hydrogens (tertiary/aromatic N) is 11. The van der Waals surface area contributed by atoms with Gasteiger partial charge in [-0.05, 0) is 18.6 Å². The second kappa shape index (κ2) is 22.0. The lowest BCUT2D eigenvalue weighted by Gasteiger charge is -2.28. The second-order valence-corrected chi connectivity index (χ2v) is 18.2. The molecule has 0 bridgehead atoms. The van der Waals surface area contributed by atoms with Crippen LogP contribution in [0.5, 0.6) is 0 Å². The van der Waals surface area contributed by atoms with Crippen LogP contribution in [0, 0.1) is 22.7 Å². The molecule has 2 saturated heterocycles. The van der Waals surface area contributed by atoms with E-state index in [4.69, 9.17) is 37.4 Å². The molecule has 30 heteroatoms. The summed E-state index contributed by atoms with van der Waals surface area (Å²) < 4.78 is 101. The average molecular weight is 1000 g/mol. The standard InChI is InChI=1S/C39H43F2N13O13P2/c1-4-15-61-69(60,62-16-9-14-43)67-30-24(64-38(26(30)41)53-20-46-27-32(44-18-45-33(27)53)49-35(56)22-10-6-5-7-11-22)17-63-68(58,59)66-23(12-8-13-42)31-29(55)25(40)37(65-31)54-21-47-28-34(54)50-39(51-36(28)57)48-19-52(2)3/h4-7,10-11,18-21,23-26,29-31,37-38,55H,1,8-9,12,15-17H2,2-3H3,(H,58,59)(H,50,51,57)(H,44,45,49,56)/t23?,24-,25-,26-,29+,30-,31-,37-,38-,69?/m1/s1. The SMILES string of the molecule is C=CCOP(=O)(OCCC#N)O[C@H]1[C@@H](F)[C@H](n2cnc3c(NC(=O)c4ccccc4)ncnc32)O[C@@H]1COP(=O)(O)OC(CCC#N)[C@H]1O[C@@H](n2cnc3c(=O)[nH]c(N=CN(C)C)nc32)[C@H](F)[C@@H]1O. The zero-order valence-electron chi connectivity index (χ0n) is 36.4. The molecular weight excluding hydrogens is 958 g/mol. The number of carbonyl (C=O) groups is 1. The van der Waals surface area contributed by atoms with E-state index in [1.54, 1.807) is 55.4 Å². The lowest BCUT2D eigenvalue weighted by Crippen LogP contribution is -2.39. The Labute approximate surface area is 389 Å². The van der Waals surface area contributed by atoms with Gasteiger partial charge in [0.2, 0.25) is 5.95 Å². The highest BCUT2D eigenvalue weighted by atomic mass is 31.2. The number of phosphoric acid groups is 2. The first-order valence-electron chi connectivity index (χ1n) is 20.6. The number of hydrogen-bond acceptors (Lipinski definition) is 20. The minimum atomic E-state index is -5.43. The first-order chi connectivity index (χ1) is 33.1. The third-order valence-electron chi connectivity index (χ3n) is 10.1. The van der Waals surface area contributed by atoms with Gasteiger partial charge in [0.05, 0.1) is 63.5 Å². The highest BCUT2D eigenvalue weighted by molar-refractivity contribution is 7.48. The number of nitriles is 2. The van der Waals surface area contributed by atoms with E-state index in [1.165, 1.54) is 12.4 Å². The van der Waals surface area contributed by atoms with Crippen LogP contribution in [0.15, 0.2) is 71.8 Å². The number of alkyl halides is 2. The maximum absolute atomic E-state index is 16.9. The lowest BCUT2D eigenvalue weighted by molar-refractivity contribution is -0.0872. The van der Waals surface area contributed by atoms with Crippen LogP contribution in [0.3, 0.4) is 0 Å². The van der Waals surface area contributed by atoms with Crippen molar-refractivity contribution >= 4 is 62.0 Å². The fraction of sp³-hybridized carbons (Fsp3) is 0.436. The number of carbonyl (C=O) groups excluding carboxylic acids is 1. The summed E-state index contributed by atoms with van der Waals surface area (Å²) in [7, 11) is -6.88. The van der Waals surface area contributed by atoms with Crippen molar-refractivity contribution in [1.29, 1.82) is 10.5 Å². The van der Waals surface area contributed by atoms with Crippen LogP contribution in [0.4, 0.5) is 20.5 Å². The fourth-order valence-corrected chi connectivity index (χ4v) is 9.36. The molecule has 0 radical (unpaired) electrons. The van der Waals surface area contributed by atoms with Gasteiger partial charge >= 0.3 is 15.6 Å². The Hall–Kier alpha value is -6.26. The summed E-state index contributed by atoms with van der Waals surface area (Å²) in [5, 5.41) is 32.2. The van der Waals surface area contributed by atoms with E-state index in [0.717, 1.165) is 28.1 Å². The first kappa shape index (κ1) is 50.6. The monoisotopic (exact) mass is 1000 g/mol. The number of rotatable bonds is 22. The smallest absolute Gasteiger partial charge is 0.387 e. The Morgan fingerprint density at radius 1 is 1.03 bits per heavy atom. The molecular formula is C39H43F2N13O13P2. The molecule has 69 heavy (non-hydrogen) atoms. The number of ether oxygens (including phenoxy) is 2. The Morgan fingerprint density at radius 2 is 1.74 bits per heavy atom. The Balaban J connectivity index is 1.13. The number of hydrogen-bond donors (Lipinski definition) is 4. The molecule has 2 aliphatic heterocycles. The van der Waals surface area contributed by atoms with Crippen LogP contribution in [-0.2, 0) is 41.2 Å². The van der Waals surface area contributed by atoms with E-state index >= 15 is 8.78 Å². The third-order valence-corrected chi connectivity index (χ3v) is 12.6. The molecule has 2 aliphatic rings. The Bertz CT molecular complexity index is 2910. The van der Waals surface area contributed by atoms with Crippen LogP contribution in [0.2, 0.25) is 0 Å². The van der Waals surface area contributed by atoms with Gasteiger partial charge < -0.3 is 29.7 Å². The predicted molar refractivity (Wildman–Crippen MR) is 234 cm³/mol. The molecule has 4 N–H and O–H groups in total. The number of phosphoric ester groups is 2. The largest absolute Gasteiger partial charge is 0.475 e. The number of benzene rings is 1. The molecule has 6 heterocycles. The lowest BCUT2D eigenvalue weighted by atomic mass is 10.0. The number of amides is 1. The molecule has 1 amide bonds. The minimum Gasteiger partial charge on any atom is -0.387 e. The first-order valence-corrected chi connectivity index (χ1v) is 23.6. The summed E-state index contributed by atoms with van der Waals surface area (Å²) in [4.78, 5) is 65.7. The number of H-pyrrole nitrogens is 1. The van der Waals surface area contributed by atoms with Crippen molar-refractivity contribution in [2.24, 2.45) is 4.99 Å². The molecule has 11 atom stereocenters. The van der Waals surface area contributed by atoms with E-state index < -0.39 is 109 Å². The van der Waals surface area contributed by atoms with E-state index in [9.17, 15) is 34.0 Å². The van der Waals surface area contributed by atoms with Crippen LogP contribution in [-0.4, -0.2) is 143 Å². The van der Waals surface area contributed by atoms with E-state index in [-0.39, 0.29) is 46.9 Å². The summed E-state index contributed by atoms with van der Waals surface area (Å²) in [6.45, 7) is 1.49. The van der Waals surface area contributed by atoms with Gasteiger partial charge in [-0.1, -0.05) is 24.3 Å². The summed E-state index contributed by atoms with van der Waals surface area (Å²) in [5.41, 5.74) is -0.924. The van der Waals surface area contributed by atoms with Crippen molar-refractivity contribution in [2.75, 3.05) is 39.2 Å². The molecule has 366 valence electrons. The molecule has 3 unspecified atom stereocenters. The van der Waals surface area contributed by atoms with Gasteiger partial charge in [0, 0.05) is 26.1 Å². The highest BCUT2D eigenvalue weighted by Crippen LogP contribution is 2.55. The van der Waals surface area contributed by atoms with Gasteiger partial charge in [-0.15, -0.1) is 6.58 Å². The van der Waals surface area contributed by atoms with Crippen LogP contribution >= 0.6 is 15.6 Å². The summed E-state index contributed by atoms with van der Waals surface area (Å²) in [6.07, 6.45) is -12.8. The zero-order chi connectivity index (χ0) is 49.5. The Morgan fingerprint density at radius 3 is 2.45 bits per heavy atom. The molecule has 7 rings (SSSR count). The third kappa shape index (κ3) is 11.6. The predicted octanol–water partition coefficient (Wildman–Crippen LogP) is 3.70. The number of nitrogens with one attached hydrogen (secondary N) is 2. The van der Waals surface area contributed by atoms with Gasteiger partial charge in [-0.25, -0.2) is 42.8 Å². The van der Waals surface area contributed by atoms with Gasteiger partial charge in [-0.2, -0.15) is 15.5 Å². The summed E-state index contributed by atoms with van der Waals surface area (Å²) in [6, 6.07) is 11.8. The van der Waals surface area contributed by atoms with Crippen molar-refractivity contribution in [1.82, 2.24) is 43.9 Å². The molecule has 26 nitrogen and oxygen atoms in total. The average Bonchev–Trinajstić information content (AvgIpc) is 4.10. The maximum atomic E-state index is 16.9. The van der Waals surface area contributed by atoms with Gasteiger partial charge in [0.1, 0.15) is 30.7 Å². The number of aliphatic hydroxyl groups excluding tert-OH is 1. The summed E-state index contributed by atoms with van der Waals surface area (Å²) >= 11 is 0. The number of aliphatic hydroxyl groups is 1. The molecule has 1 aromatic carbocycles. The van der Waals surface area contributed by atoms with Gasteiger partial charge in [-0.3, -0.25) is 46.3 Å². The number of halogens is 2. The topological polar surface area (TPSA) is 339 Å². The number of aromatic nitrogens is 8. The van der Waals surface area contributed by atoms with E-state index in [2.05, 4.69) is 46.8 Å². The summed E-state index contributed by atoms with van der Waals surface area (Å²) in [5.74, 6) is -0.775. The van der Waals surface area contributed by atoms with Crippen molar-refractivity contribution in [3.63, 3.8) is 0 Å². The van der Waals surface area contributed by atoms with E-state index in [1.807, 2.05) is 6.07 Å². The van der Waals surface area contributed by atoms with Crippen LogP contribution in [0.1, 0.15) is 42.1 Å². The molecule has 5 aromatic rings. The number of fused-ring (bicyclic) bond motifs is 2. The van der Waals surface area contributed by atoms with Crippen molar-refractivity contribution in [3.05, 3.63) is 77.9 Å². The molecule has 0 aliphatic carbocycles. The molecule has 4 aromatic heterocycles. The highest BCUT2D eigenvalue weighted by Gasteiger charge is 2.54. The fourth-order valence-electron chi connectivity index (χ4n) is 7.05. The van der Waals surface area contributed by atoms with Gasteiger partial charge in [0.25, 0.3) is 11.5 Å². The van der Waals surface area contributed by atoms with E-state index in [0.29, 0.717) is 5.56 Å².